The van der Waals surface area contributed by atoms with E-state index < -0.39 is 0 Å². The van der Waals surface area contributed by atoms with Crippen molar-refractivity contribution >= 4 is 15.9 Å². The third-order valence-corrected chi connectivity index (χ3v) is 3.24. The lowest BCUT2D eigenvalue weighted by Gasteiger charge is -2.14. The van der Waals surface area contributed by atoms with Crippen molar-refractivity contribution in [2.24, 2.45) is 0 Å². The maximum absolute atomic E-state index is 5.51. The Morgan fingerprint density at radius 3 is 2.59 bits per heavy atom. The second-order valence-corrected chi connectivity index (χ2v) is 5.11. The number of rotatable bonds is 8. The maximum Gasteiger partial charge on any atom is 0.0591 e. The zero-order chi connectivity index (χ0) is 12.5. The second-order valence-electron chi connectivity index (χ2n) is 4.19. The van der Waals surface area contributed by atoms with Crippen molar-refractivity contribution < 1.29 is 4.74 Å². The van der Waals surface area contributed by atoms with Crippen molar-refractivity contribution in [2.75, 3.05) is 19.8 Å². The summed E-state index contributed by atoms with van der Waals surface area (Å²) < 4.78 is 6.63. The number of benzene rings is 1. The molecule has 1 aromatic carbocycles. The quantitative estimate of drug-likeness (QED) is 0.735. The normalized spacial score (nSPS) is 12.6. The van der Waals surface area contributed by atoms with E-state index in [1.54, 1.807) is 0 Å². The van der Waals surface area contributed by atoms with Crippen LogP contribution in [0.5, 0.6) is 0 Å². The molecule has 0 aromatic heterocycles. The molecule has 3 heteroatoms. The Hall–Kier alpha value is -0.380. The summed E-state index contributed by atoms with van der Waals surface area (Å²) in [6.45, 7) is 6.93. The topological polar surface area (TPSA) is 21.3 Å². The van der Waals surface area contributed by atoms with Gasteiger partial charge in [-0.1, -0.05) is 41.4 Å². The van der Waals surface area contributed by atoms with Crippen LogP contribution in [0.15, 0.2) is 28.7 Å². The van der Waals surface area contributed by atoms with Gasteiger partial charge in [-0.25, -0.2) is 0 Å². The molecule has 17 heavy (non-hydrogen) atoms. The van der Waals surface area contributed by atoms with Crippen LogP contribution in [0.1, 0.15) is 38.3 Å². The van der Waals surface area contributed by atoms with E-state index >= 15 is 0 Å². The van der Waals surface area contributed by atoms with Crippen LogP contribution in [0.2, 0.25) is 0 Å². The van der Waals surface area contributed by atoms with Crippen molar-refractivity contribution in [3.05, 3.63) is 34.3 Å². The molecule has 0 amide bonds. The Balaban J connectivity index is 2.16. The van der Waals surface area contributed by atoms with Gasteiger partial charge in [-0.3, -0.25) is 0 Å². The maximum atomic E-state index is 5.51. The summed E-state index contributed by atoms with van der Waals surface area (Å²) in [5, 5.41) is 3.45. The van der Waals surface area contributed by atoms with E-state index in [1.807, 2.05) is 0 Å². The number of ether oxygens (including phenoxy) is 1. The molecule has 1 aromatic rings. The summed E-state index contributed by atoms with van der Waals surface area (Å²) in [6.07, 6.45) is 2.35. The monoisotopic (exact) mass is 299 g/mol. The number of unbranched alkanes of at least 4 members (excludes halogenated alkanes) is 1. The SMILES string of the molecule is CCCCOCCN[C@@H](C)c1ccc(Br)cc1. The highest BCUT2D eigenvalue weighted by molar-refractivity contribution is 9.10. The first-order chi connectivity index (χ1) is 8.24. The van der Waals surface area contributed by atoms with Crippen LogP contribution < -0.4 is 5.32 Å². The third kappa shape index (κ3) is 6.20. The van der Waals surface area contributed by atoms with E-state index in [9.17, 15) is 0 Å². The van der Waals surface area contributed by atoms with Gasteiger partial charge in [0.2, 0.25) is 0 Å². The van der Waals surface area contributed by atoms with Crippen LogP contribution in [0.3, 0.4) is 0 Å². The fourth-order valence-electron chi connectivity index (χ4n) is 1.57. The number of nitrogens with one attached hydrogen (secondary N) is 1. The molecule has 0 spiro atoms. The van der Waals surface area contributed by atoms with Gasteiger partial charge in [0.05, 0.1) is 6.61 Å². The molecule has 0 fully saturated rings. The smallest absolute Gasteiger partial charge is 0.0591 e. The summed E-state index contributed by atoms with van der Waals surface area (Å²) in [7, 11) is 0. The van der Waals surface area contributed by atoms with Gasteiger partial charge in [0.25, 0.3) is 0 Å². The lowest BCUT2D eigenvalue weighted by atomic mass is 10.1. The minimum atomic E-state index is 0.373. The molecule has 2 nitrogen and oxygen atoms in total. The average molecular weight is 300 g/mol. The van der Waals surface area contributed by atoms with E-state index in [1.165, 1.54) is 12.0 Å². The highest BCUT2D eigenvalue weighted by Gasteiger charge is 2.03. The standard InChI is InChI=1S/C14H22BrNO/c1-3-4-10-17-11-9-16-12(2)13-5-7-14(15)8-6-13/h5-8,12,16H,3-4,9-11H2,1-2H3/t12-/m0/s1. The van der Waals surface area contributed by atoms with Crippen molar-refractivity contribution in [2.45, 2.75) is 32.7 Å². The molecule has 0 aliphatic carbocycles. The first-order valence-electron chi connectivity index (χ1n) is 6.30. The van der Waals surface area contributed by atoms with Crippen molar-refractivity contribution in [1.29, 1.82) is 0 Å². The van der Waals surface area contributed by atoms with E-state index in [2.05, 4.69) is 59.4 Å². The molecular weight excluding hydrogens is 278 g/mol. The first-order valence-corrected chi connectivity index (χ1v) is 7.10. The van der Waals surface area contributed by atoms with Crippen molar-refractivity contribution in [3.8, 4) is 0 Å². The Kier molecular flexibility index (Phi) is 7.49. The van der Waals surface area contributed by atoms with E-state index in [0.717, 1.165) is 30.7 Å². The predicted molar refractivity (Wildman–Crippen MR) is 76.3 cm³/mol. The largest absolute Gasteiger partial charge is 0.380 e. The molecule has 0 unspecified atom stereocenters. The zero-order valence-electron chi connectivity index (χ0n) is 10.7. The van der Waals surface area contributed by atoms with Gasteiger partial charge in [-0.05, 0) is 31.0 Å². The fraction of sp³-hybridized carbons (Fsp3) is 0.571. The van der Waals surface area contributed by atoms with Crippen LogP contribution in [-0.4, -0.2) is 19.8 Å². The molecule has 0 radical (unpaired) electrons. The van der Waals surface area contributed by atoms with Gasteiger partial charge in [-0.2, -0.15) is 0 Å². The molecule has 0 saturated carbocycles. The van der Waals surface area contributed by atoms with Crippen molar-refractivity contribution in [3.63, 3.8) is 0 Å². The van der Waals surface area contributed by atoms with E-state index in [0.29, 0.717) is 6.04 Å². The Labute approximate surface area is 113 Å². The second kappa shape index (κ2) is 8.67. The molecular formula is C14H22BrNO. The minimum absolute atomic E-state index is 0.373. The summed E-state index contributed by atoms with van der Waals surface area (Å²) in [5.74, 6) is 0. The first kappa shape index (κ1) is 14.7. The molecule has 96 valence electrons. The Morgan fingerprint density at radius 2 is 1.94 bits per heavy atom. The van der Waals surface area contributed by atoms with Gasteiger partial charge in [0.15, 0.2) is 0 Å². The van der Waals surface area contributed by atoms with Crippen LogP contribution in [0.25, 0.3) is 0 Å². The summed E-state index contributed by atoms with van der Waals surface area (Å²) in [5.41, 5.74) is 1.31. The molecule has 0 bridgehead atoms. The van der Waals surface area contributed by atoms with Crippen LogP contribution >= 0.6 is 15.9 Å². The van der Waals surface area contributed by atoms with Crippen LogP contribution in [0.4, 0.5) is 0 Å². The molecule has 1 rings (SSSR count). The van der Waals surface area contributed by atoms with E-state index in [4.69, 9.17) is 4.74 Å². The number of hydrogen-bond donors (Lipinski definition) is 1. The highest BCUT2D eigenvalue weighted by atomic mass is 79.9. The van der Waals surface area contributed by atoms with Gasteiger partial charge < -0.3 is 10.1 Å². The molecule has 0 aliphatic rings. The molecule has 0 aliphatic heterocycles. The zero-order valence-corrected chi connectivity index (χ0v) is 12.3. The van der Waals surface area contributed by atoms with Gasteiger partial charge >= 0.3 is 0 Å². The molecule has 0 saturated heterocycles. The van der Waals surface area contributed by atoms with E-state index in [-0.39, 0.29) is 0 Å². The lowest BCUT2D eigenvalue weighted by Crippen LogP contribution is -2.23. The predicted octanol–water partition coefficient (Wildman–Crippen LogP) is 3.92. The molecule has 1 N–H and O–H groups in total. The third-order valence-electron chi connectivity index (χ3n) is 2.71. The summed E-state index contributed by atoms with van der Waals surface area (Å²) in [4.78, 5) is 0. The lowest BCUT2D eigenvalue weighted by molar-refractivity contribution is 0.131. The number of halogens is 1. The number of hydrogen-bond acceptors (Lipinski definition) is 2. The van der Waals surface area contributed by atoms with Crippen LogP contribution in [-0.2, 0) is 4.74 Å². The fourth-order valence-corrected chi connectivity index (χ4v) is 1.83. The van der Waals surface area contributed by atoms with Gasteiger partial charge in [0.1, 0.15) is 0 Å². The van der Waals surface area contributed by atoms with Gasteiger partial charge in [0, 0.05) is 23.7 Å². The summed E-state index contributed by atoms with van der Waals surface area (Å²) >= 11 is 3.44. The van der Waals surface area contributed by atoms with Crippen LogP contribution in [0, 0.1) is 0 Å². The highest BCUT2D eigenvalue weighted by Crippen LogP contribution is 2.16. The minimum Gasteiger partial charge on any atom is -0.380 e. The molecule has 0 heterocycles. The Morgan fingerprint density at radius 1 is 1.24 bits per heavy atom. The Bertz CT molecular complexity index is 300. The average Bonchev–Trinajstić information content (AvgIpc) is 2.34. The van der Waals surface area contributed by atoms with Crippen molar-refractivity contribution in [1.82, 2.24) is 5.32 Å². The molecule has 1 atom stereocenters. The summed E-state index contributed by atoms with van der Waals surface area (Å²) in [6, 6.07) is 8.80. The van der Waals surface area contributed by atoms with Gasteiger partial charge in [-0.15, -0.1) is 0 Å².